The van der Waals surface area contributed by atoms with Gasteiger partial charge in [0.15, 0.2) is 0 Å². The molecule has 0 spiro atoms. The largest absolute Gasteiger partial charge is 0.472 e. The molecule has 1 amide bonds. The lowest BCUT2D eigenvalue weighted by atomic mass is 10.2. The first-order valence-electron chi connectivity index (χ1n) is 8.07. The van der Waals surface area contributed by atoms with Gasteiger partial charge in [0, 0.05) is 7.05 Å². The molecule has 0 saturated carbocycles. The van der Waals surface area contributed by atoms with Crippen LogP contribution >= 0.6 is 0 Å². The summed E-state index contributed by atoms with van der Waals surface area (Å²) in [5, 5.41) is 2.50. The van der Waals surface area contributed by atoms with Crippen molar-refractivity contribution in [2.45, 2.75) is 59.7 Å². The monoisotopic (exact) mass is 357 g/mol. The Labute approximate surface area is 150 Å². The summed E-state index contributed by atoms with van der Waals surface area (Å²) in [5.74, 6) is -0.295. The number of guanidine groups is 1. The van der Waals surface area contributed by atoms with Crippen LogP contribution in [0.1, 0.15) is 48.5 Å². The van der Waals surface area contributed by atoms with Crippen molar-refractivity contribution < 1.29 is 23.8 Å². The fourth-order valence-corrected chi connectivity index (χ4v) is 1.57. The molecule has 0 fully saturated rings. The lowest BCUT2D eigenvalue weighted by Crippen LogP contribution is -2.46. The van der Waals surface area contributed by atoms with Crippen molar-refractivity contribution in [2.75, 3.05) is 20.2 Å². The van der Waals surface area contributed by atoms with Gasteiger partial charge in [-0.1, -0.05) is 0 Å². The first-order valence-corrected chi connectivity index (χ1v) is 8.07. The summed E-state index contributed by atoms with van der Waals surface area (Å²) in [7, 11) is 1.58. The Hall–Kier alpha value is -2.25. The standard InChI is InChI=1S/C17H31N3O5/c1-10-23-13(21)11-20(9)14(18-12(2)24-16(3,4)5)19-15(22)25-17(6,7)8/h2,10-11H2,1,3-9H3,(H,18,19,22). The molecule has 0 aliphatic heterocycles. The van der Waals surface area contributed by atoms with E-state index in [1.807, 2.05) is 20.8 Å². The van der Waals surface area contributed by atoms with Gasteiger partial charge in [-0.15, -0.1) is 0 Å². The topological polar surface area (TPSA) is 89.5 Å². The van der Waals surface area contributed by atoms with Gasteiger partial charge in [-0.05, 0) is 55.0 Å². The molecule has 144 valence electrons. The molecule has 8 nitrogen and oxygen atoms in total. The molecule has 0 heterocycles. The highest BCUT2D eigenvalue weighted by molar-refractivity contribution is 5.95. The highest BCUT2D eigenvalue weighted by Crippen LogP contribution is 2.13. The summed E-state index contributed by atoms with van der Waals surface area (Å²) in [5.41, 5.74) is -1.18. The van der Waals surface area contributed by atoms with E-state index < -0.39 is 23.3 Å². The zero-order valence-electron chi connectivity index (χ0n) is 16.6. The second-order valence-electron chi connectivity index (χ2n) is 7.33. The van der Waals surface area contributed by atoms with E-state index in [-0.39, 0.29) is 25.0 Å². The number of rotatable bonds is 5. The number of likely N-dealkylation sites (N-methyl/N-ethyl adjacent to an activating group) is 1. The van der Waals surface area contributed by atoms with E-state index in [0.717, 1.165) is 0 Å². The van der Waals surface area contributed by atoms with Gasteiger partial charge in [-0.2, -0.15) is 4.99 Å². The Balaban J connectivity index is 5.25. The number of ether oxygens (including phenoxy) is 3. The molecule has 0 bridgehead atoms. The zero-order chi connectivity index (χ0) is 19.8. The normalized spacial score (nSPS) is 12.2. The summed E-state index contributed by atoms with van der Waals surface area (Å²) in [6.07, 6.45) is -0.703. The van der Waals surface area contributed by atoms with Gasteiger partial charge in [0.2, 0.25) is 11.8 Å². The number of hydrogen-bond acceptors (Lipinski definition) is 6. The van der Waals surface area contributed by atoms with E-state index in [1.165, 1.54) is 4.90 Å². The van der Waals surface area contributed by atoms with E-state index in [4.69, 9.17) is 14.2 Å². The molecule has 0 aromatic rings. The second kappa shape index (κ2) is 9.29. The minimum absolute atomic E-state index is 0.0663. The maximum Gasteiger partial charge on any atom is 0.414 e. The van der Waals surface area contributed by atoms with E-state index in [9.17, 15) is 9.59 Å². The lowest BCUT2D eigenvalue weighted by molar-refractivity contribution is -0.143. The van der Waals surface area contributed by atoms with Crippen LogP contribution in [-0.2, 0) is 19.0 Å². The average Bonchev–Trinajstić information content (AvgIpc) is 2.33. The van der Waals surface area contributed by atoms with Crippen molar-refractivity contribution in [3.63, 3.8) is 0 Å². The maximum absolute atomic E-state index is 12.0. The number of esters is 1. The number of nitrogens with zero attached hydrogens (tertiary/aromatic N) is 2. The Morgan fingerprint density at radius 3 is 2.04 bits per heavy atom. The molecule has 1 N–H and O–H groups in total. The van der Waals surface area contributed by atoms with Gasteiger partial charge in [0.25, 0.3) is 0 Å². The van der Waals surface area contributed by atoms with Crippen molar-refractivity contribution >= 4 is 18.0 Å². The molecule has 0 rings (SSSR count). The third-order valence-corrected chi connectivity index (χ3v) is 2.30. The molecule has 25 heavy (non-hydrogen) atoms. The Morgan fingerprint density at radius 1 is 1.08 bits per heavy atom. The minimum atomic E-state index is -0.703. The van der Waals surface area contributed by atoms with Crippen molar-refractivity contribution in [3.05, 3.63) is 12.5 Å². The predicted octanol–water partition coefficient (Wildman–Crippen LogP) is 2.65. The van der Waals surface area contributed by atoms with E-state index in [0.29, 0.717) is 0 Å². The molecule has 0 unspecified atom stereocenters. The maximum atomic E-state index is 12.0. The number of alkyl carbamates (subject to hydrolysis) is 1. The third kappa shape index (κ3) is 11.9. The molecule has 0 aliphatic carbocycles. The molecule has 0 saturated heterocycles. The molecule has 0 aromatic carbocycles. The minimum Gasteiger partial charge on any atom is -0.472 e. The Kier molecular flexibility index (Phi) is 8.45. The summed E-state index contributed by atoms with van der Waals surface area (Å²) in [6, 6.07) is 0. The molecule has 0 radical (unpaired) electrons. The van der Waals surface area contributed by atoms with Gasteiger partial charge in [-0.25, -0.2) is 4.79 Å². The fraction of sp³-hybridized carbons (Fsp3) is 0.706. The molecule has 0 aliphatic rings. The van der Waals surface area contributed by atoms with Gasteiger partial charge in [-0.3, -0.25) is 10.1 Å². The number of carbonyl (C=O) groups is 2. The zero-order valence-corrected chi connectivity index (χ0v) is 16.6. The number of nitrogens with one attached hydrogen (secondary N) is 1. The number of aliphatic imine (C=N–C) groups is 1. The fourth-order valence-electron chi connectivity index (χ4n) is 1.57. The first-order chi connectivity index (χ1) is 11.2. The smallest absolute Gasteiger partial charge is 0.414 e. The quantitative estimate of drug-likeness (QED) is 0.352. The van der Waals surface area contributed by atoms with Crippen molar-refractivity contribution in [1.82, 2.24) is 10.2 Å². The number of amides is 1. The SMILES string of the molecule is C=C(/N=C(\NC(=O)OC(C)(C)C)N(C)CC(=O)OCC)OC(C)(C)C. The van der Waals surface area contributed by atoms with Crippen LogP contribution in [0.25, 0.3) is 0 Å². The van der Waals surface area contributed by atoms with Crippen LogP contribution in [-0.4, -0.2) is 54.3 Å². The van der Waals surface area contributed by atoms with E-state index in [1.54, 1.807) is 34.7 Å². The molecular formula is C17H31N3O5. The first kappa shape index (κ1) is 22.8. The Bertz CT molecular complexity index is 515. The van der Waals surface area contributed by atoms with Crippen LogP contribution in [0.2, 0.25) is 0 Å². The van der Waals surface area contributed by atoms with Crippen LogP contribution in [0.5, 0.6) is 0 Å². The van der Waals surface area contributed by atoms with E-state index in [2.05, 4.69) is 16.9 Å². The van der Waals surface area contributed by atoms with E-state index >= 15 is 0 Å². The average molecular weight is 357 g/mol. The summed E-state index contributed by atoms with van der Waals surface area (Å²) in [4.78, 5) is 29.3. The molecule has 0 aromatic heterocycles. The second-order valence-corrected chi connectivity index (χ2v) is 7.33. The predicted molar refractivity (Wildman–Crippen MR) is 96.0 cm³/mol. The van der Waals surface area contributed by atoms with Crippen LogP contribution < -0.4 is 5.32 Å². The van der Waals surface area contributed by atoms with Crippen molar-refractivity contribution in [1.29, 1.82) is 0 Å². The summed E-state index contributed by atoms with van der Waals surface area (Å²) < 4.78 is 15.6. The van der Waals surface area contributed by atoms with Crippen molar-refractivity contribution in [3.8, 4) is 0 Å². The highest BCUT2D eigenvalue weighted by Gasteiger charge is 2.21. The van der Waals surface area contributed by atoms with Gasteiger partial charge in [0.05, 0.1) is 6.61 Å². The van der Waals surface area contributed by atoms with Gasteiger partial charge < -0.3 is 19.1 Å². The lowest BCUT2D eigenvalue weighted by Gasteiger charge is -2.25. The summed E-state index contributed by atoms with van der Waals surface area (Å²) in [6.45, 7) is 16.3. The number of carbonyl (C=O) groups excluding carboxylic acids is 2. The highest BCUT2D eigenvalue weighted by atomic mass is 16.6. The Morgan fingerprint density at radius 2 is 1.60 bits per heavy atom. The molecule has 0 atom stereocenters. The van der Waals surface area contributed by atoms with Crippen LogP contribution in [0.3, 0.4) is 0 Å². The number of hydrogen-bond donors (Lipinski definition) is 1. The summed E-state index contributed by atoms with van der Waals surface area (Å²) >= 11 is 0. The molecular weight excluding hydrogens is 326 g/mol. The molecule has 8 heteroatoms. The van der Waals surface area contributed by atoms with Crippen LogP contribution in [0.15, 0.2) is 17.5 Å². The van der Waals surface area contributed by atoms with Crippen LogP contribution in [0, 0.1) is 0 Å². The third-order valence-electron chi connectivity index (χ3n) is 2.30. The van der Waals surface area contributed by atoms with Crippen LogP contribution in [0.4, 0.5) is 4.79 Å². The van der Waals surface area contributed by atoms with Gasteiger partial charge in [0.1, 0.15) is 17.7 Å². The van der Waals surface area contributed by atoms with Gasteiger partial charge >= 0.3 is 12.1 Å². The van der Waals surface area contributed by atoms with Crippen molar-refractivity contribution in [2.24, 2.45) is 4.99 Å².